The van der Waals surface area contributed by atoms with Gasteiger partial charge in [0.2, 0.25) is 0 Å². The third kappa shape index (κ3) is 3.24. The Morgan fingerprint density at radius 1 is 1.50 bits per heavy atom. The molecule has 3 unspecified atom stereocenters. The number of carbonyl (C=O) groups excluding carboxylic acids is 1. The van der Waals surface area contributed by atoms with E-state index in [1.165, 1.54) is 7.11 Å². The molecule has 3 atom stereocenters. The lowest BCUT2D eigenvalue weighted by molar-refractivity contribution is -0.137. The number of hydrogen-bond donors (Lipinski definition) is 0. The number of carbonyl (C=O) groups is 1. The van der Waals surface area contributed by atoms with Gasteiger partial charge in [-0.3, -0.25) is 9.00 Å². The minimum Gasteiger partial charge on any atom is -0.468 e. The molecule has 0 aromatic heterocycles. The smallest absolute Gasteiger partial charge is 0.318 e. The summed E-state index contributed by atoms with van der Waals surface area (Å²) in [6.45, 7) is 0. The first kappa shape index (κ1) is 12.0. The first-order chi connectivity index (χ1) is 6.65. The quantitative estimate of drug-likeness (QED) is 0.552. The van der Waals surface area contributed by atoms with E-state index >= 15 is 0 Å². The van der Waals surface area contributed by atoms with E-state index in [1.54, 1.807) is 0 Å². The summed E-state index contributed by atoms with van der Waals surface area (Å²) in [5.41, 5.74) is 0. The van der Waals surface area contributed by atoms with E-state index in [0.717, 1.165) is 25.7 Å². The second-order valence-electron chi connectivity index (χ2n) is 3.44. The molecule has 1 saturated carbocycles. The van der Waals surface area contributed by atoms with Crippen LogP contribution in [0.5, 0.6) is 0 Å². The van der Waals surface area contributed by atoms with Crippen LogP contribution in [0.4, 0.5) is 0 Å². The number of rotatable bonds is 3. The lowest BCUT2D eigenvalue weighted by Gasteiger charge is -2.25. The molecule has 1 rings (SSSR count). The van der Waals surface area contributed by atoms with Crippen molar-refractivity contribution in [3.05, 3.63) is 0 Å². The number of alkyl halides is 1. The van der Waals surface area contributed by atoms with E-state index < -0.39 is 16.8 Å². The van der Waals surface area contributed by atoms with Crippen LogP contribution < -0.4 is 0 Å². The molecule has 82 valence electrons. The fraction of sp³-hybridized carbons (Fsp3) is 0.889. The van der Waals surface area contributed by atoms with Crippen LogP contribution in [0.3, 0.4) is 0 Å². The molecule has 5 heteroatoms. The molecule has 0 aliphatic heterocycles. The fourth-order valence-corrected chi connectivity index (χ4v) is 3.71. The van der Waals surface area contributed by atoms with Crippen molar-refractivity contribution in [2.45, 2.75) is 36.3 Å². The standard InChI is InChI=1S/C9H15ClO3S/c1-13-9(11)6-14(12)8-5-3-2-4-7(8)10/h7-8H,2-6H2,1H3. The van der Waals surface area contributed by atoms with Gasteiger partial charge in [0.15, 0.2) is 0 Å². The molecule has 0 aromatic rings. The Labute approximate surface area is 91.6 Å². The van der Waals surface area contributed by atoms with Crippen LogP contribution in [0.15, 0.2) is 0 Å². The van der Waals surface area contributed by atoms with Crippen LogP contribution in [0.25, 0.3) is 0 Å². The van der Waals surface area contributed by atoms with E-state index in [1.807, 2.05) is 0 Å². The van der Waals surface area contributed by atoms with Crippen molar-refractivity contribution < 1.29 is 13.7 Å². The van der Waals surface area contributed by atoms with Gasteiger partial charge in [0.25, 0.3) is 0 Å². The highest BCUT2D eigenvalue weighted by Gasteiger charge is 2.29. The monoisotopic (exact) mass is 238 g/mol. The molecule has 0 radical (unpaired) electrons. The van der Waals surface area contributed by atoms with Gasteiger partial charge in [-0.05, 0) is 12.8 Å². The maximum absolute atomic E-state index is 11.7. The summed E-state index contributed by atoms with van der Waals surface area (Å²) in [5.74, 6) is -0.442. The fourth-order valence-electron chi connectivity index (χ4n) is 1.63. The van der Waals surface area contributed by atoms with E-state index in [4.69, 9.17) is 11.6 Å². The van der Waals surface area contributed by atoms with Crippen LogP contribution in [0, 0.1) is 0 Å². The maximum atomic E-state index is 11.7. The highest BCUT2D eigenvalue weighted by atomic mass is 35.5. The summed E-state index contributed by atoms with van der Waals surface area (Å²) >= 11 is 6.06. The van der Waals surface area contributed by atoms with E-state index in [-0.39, 0.29) is 16.4 Å². The Morgan fingerprint density at radius 2 is 2.14 bits per heavy atom. The Bertz CT molecular complexity index is 232. The lowest BCUT2D eigenvalue weighted by atomic mass is 10.00. The number of halogens is 1. The van der Waals surface area contributed by atoms with Gasteiger partial charge in [0, 0.05) is 16.2 Å². The van der Waals surface area contributed by atoms with Gasteiger partial charge in [-0.25, -0.2) is 0 Å². The van der Waals surface area contributed by atoms with Gasteiger partial charge in [-0.2, -0.15) is 0 Å². The van der Waals surface area contributed by atoms with Crippen molar-refractivity contribution in [2.24, 2.45) is 0 Å². The molecular weight excluding hydrogens is 224 g/mol. The molecule has 0 aromatic carbocycles. The van der Waals surface area contributed by atoms with Crippen molar-refractivity contribution in [1.29, 1.82) is 0 Å². The SMILES string of the molecule is COC(=O)CS(=O)C1CCCCC1Cl. The van der Waals surface area contributed by atoms with E-state index in [9.17, 15) is 9.00 Å². The van der Waals surface area contributed by atoms with Crippen LogP contribution in [-0.4, -0.2) is 33.7 Å². The molecule has 0 N–H and O–H groups in total. The molecule has 0 saturated heterocycles. The maximum Gasteiger partial charge on any atom is 0.318 e. The molecule has 1 fully saturated rings. The van der Waals surface area contributed by atoms with Gasteiger partial charge in [-0.1, -0.05) is 12.8 Å². The molecule has 1 aliphatic carbocycles. The van der Waals surface area contributed by atoms with Crippen molar-refractivity contribution in [1.82, 2.24) is 0 Å². The van der Waals surface area contributed by atoms with Crippen LogP contribution >= 0.6 is 11.6 Å². The lowest BCUT2D eigenvalue weighted by Crippen LogP contribution is -2.33. The third-order valence-electron chi connectivity index (χ3n) is 2.45. The predicted octanol–water partition coefficient (Wildman–Crippen LogP) is 1.46. The molecule has 1 aliphatic rings. The summed E-state index contributed by atoms with van der Waals surface area (Å²) < 4.78 is 16.2. The normalized spacial score (nSPS) is 29.6. The summed E-state index contributed by atoms with van der Waals surface area (Å²) in [6.07, 6.45) is 3.91. The van der Waals surface area contributed by atoms with Crippen molar-refractivity contribution in [3.63, 3.8) is 0 Å². The average molecular weight is 239 g/mol. The van der Waals surface area contributed by atoms with Crippen LogP contribution in [0.1, 0.15) is 25.7 Å². The second-order valence-corrected chi connectivity index (χ2v) is 5.66. The van der Waals surface area contributed by atoms with Gasteiger partial charge < -0.3 is 4.74 Å². The highest BCUT2D eigenvalue weighted by Crippen LogP contribution is 2.27. The summed E-state index contributed by atoms with van der Waals surface area (Å²) in [7, 11) is 0.131. The van der Waals surface area contributed by atoms with E-state index in [0.29, 0.717) is 0 Å². The predicted molar refractivity (Wildman–Crippen MR) is 56.9 cm³/mol. The topological polar surface area (TPSA) is 43.4 Å². The third-order valence-corrected chi connectivity index (χ3v) is 4.88. The van der Waals surface area contributed by atoms with E-state index in [2.05, 4.69) is 4.74 Å². The molecule has 0 spiro atoms. The molecule has 14 heavy (non-hydrogen) atoms. The van der Waals surface area contributed by atoms with Crippen LogP contribution in [0.2, 0.25) is 0 Å². The zero-order valence-electron chi connectivity index (χ0n) is 8.20. The zero-order valence-corrected chi connectivity index (χ0v) is 9.77. The number of methoxy groups -OCH3 is 1. The van der Waals surface area contributed by atoms with Gasteiger partial charge in [0.05, 0.1) is 12.4 Å². The first-order valence-electron chi connectivity index (χ1n) is 4.73. The number of esters is 1. The molecule has 0 amide bonds. The summed E-state index contributed by atoms with van der Waals surface area (Å²) in [4.78, 5) is 10.9. The van der Waals surface area contributed by atoms with Crippen molar-refractivity contribution >= 4 is 28.4 Å². The van der Waals surface area contributed by atoms with Gasteiger partial charge in [-0.15, -0.1) is 11.6 Å². The first-order valence-corrected chi connectivity index (χ1v) is 6.55. The largest absolute Gasteiger partial charge is 0.468 e. The number of ether oxygens (including phenoxy) is 1. The summed E-state index contributed by atoms with van der Waals surface area (Å²) in [6, 6.07) is 0. The molecular formula is C9H15ClO3S. The molecule has 3 nitrogen and oxygen atoms in total. The summed E-state index contributed by atoms with van der Waals surface area (Å²) in [5, 5.41) is -0.0845. The average Bonchev–Trinajstić information content (AvgIpc) is 2.18. The van der Waals surface area contributed by atoms with Gasteiger partial charge >= 0.3 is 5.97 Å². The van der Waals surface area contributed by atoms with Crippen molar-refractivity contribution in [3.8, 4) is 0 Å². The Hall–Kier alpha value is -0.0900. The minimum atomic E-state index is -1.17. The second kappa shape index (κ2) is 5.71. The van der Waals surface area contributed by atoms with Gasteiger partial charge in [0.1, 0.15) is 5.75 Å². The highest BCUT2D eigenvalue weighted by molar-refractivity contribution is 7.86. The van der Waals surface area contributed by atoms with Crippen LogP contribution in [-0.2, 0) is 20.3 Å². The Morgan fingerprint density at radius 3 is 2.71 bits per heavy atom. The Kier molecular flexibility index (Phi) is 4.89. The molecule has 0 bridgehead atoms. The number of hydrogen-bond acceptors (Lipinski definition) is 3. The minimum absolute atomic E-state index is 0.0234. The zero-order chi connectivity index (χ0) is 10.6. The Balaban J connectivity index is 2.46. The van der Waals surface area contributed by atoms with Crippen molar-refractivity contribution in [2.75, 3.05) is 12.9 Å². The molecule has 0 heterocycles.